The number of halogens is 4. The van der Waals surface area contributed by atoms with E-state index in [0.717, 1.165) is 31.4 Å². The molecule has 19 heavy (non-hydrogen) atoms. The first-order valence-electron chi connectivity index (χ1n) is 6.43. The standard InChI is InChI=1S/C14H19F4N/c1-3-4-5-10(2)19-9-11-6-7-13(15)12(8-11)14(16,17)18/h6-8,10,19H,3-5,9H2,1-2H3. The largest absolute Gasteiger partial charge is 0.419 e. The van der Waals surface area contributed by atoms with Crippen LogP contribution in [0.2, 0.25) is 0 Å². The average molecular weight is 277 g/mol. The van der Waals surface area contributed by atoms with Gasteiger partial charge in [0.25, 0.3) is 0 Å². The molecule has 0 amide bonds. The fraction of sp³-hybridized carbons (Fsp3) is 0.571. The van der Waals surface area contributed by atoms with Gasteiger partial charge in [-0.15, -0.1) is 0 Å². The minimum absolute atomic E-state index is 0.235. The SMILES string of the molecule is CCCCC(C)NCc1ccc(F)c(C(F)(F)F)c1. The molecule has 0 spiro atoms. The van der Waals surface area contributed by atoms with Gasteiger partial charge < -0.3 is 5.32 Å². The van der Waals surface area contributed by atoms with E-state index in [1.165, 1.54) is 6.07 Å². The van der Waals surface area contributed by atoms with E-state index in [0.29, 0.717) is 12.1 Å². The van der Waals surface area contributed by atoms with Crippen LogP contribution >= 0.6 is 0 Å². The molecule has 1 N–H and O–H groups in total. The third kappa shape index (κ3) is 5.19. The number of alkyl halides is 3. The van der Waals surface area contributed by atoms with Crippen LogP contribution in [0.4, 0.5) is 17.6 Å². The van der Waals surface area contributed by atoms with Crippen molar-refractivity contribution in [3.63, 3.8) is 0 Å². The van der Waals surface area contributed by atoms with E-state index in [2.05, 4.69) is 12.2 Å². The number of benzene rings is 1. The quantitative estimate of drug-likeness (QED) is 0.754. The fourth-order valence-corrected chi connectivity index (χ4v) is 1.80. The molecule has 1 atom stereocenters. The van der Waals surface area contributed by atoms with Crippen LogP contribution < -0.4 is 5.32 Å². The third-order valence-electron chi connectivity index (χ3n) is 2.98. The molecule has 1 aromatic rings. The molecular formula is C14H19F4N. The van der Waals surface area contributed by atoms with Crippen LogP contribution in [0, 0.1) is 5.82 Å². The average Bonchev–Trinajstić information content (AvgIpc) is 2.34. The summed E-state index contributed by atoms with van der Waals surface area (Å²) in [5.74, 6) is -1.23. The van der Waals surface area contributed by atoms with E-state index in [4.69, 9.17) is 0 Å². The summed E-state index contributed by atoms with van der Waals surface area (Å²) in [7, 11) is 0. The van der Waals surface area contributed by atoms with Gasteiger partial charge in [0.15, 0.2) is 0 Å². The number of hydrogen-bond acceptors (Lipinski definition) is 1. The van der Waals surface area contributed by atoms with Crippen LogP contribution in [0.25, 0.3) is 0 Å². The molecule has 1 rings (SSSR count). The van der Waals surface area contributed by atoms with Gasteiger partial charge >= 0.3 is 6.18 Å². The van der Waals surface area contributed by atoms with Crippen LogP contribution in [0.1, 0.15) is 44.2 Å². The number of rotatable bonds is 6. The Hall–Kier alpha value is -1.10. The van der Waals surface area contributed by atoms with E-state index >= 15 is 0 Å². The van der Waals surface area contributed by atoms with Crippen molar-refractivity contribution in [2.75, 3.05) is 0 Å². The van der Waals surface area contributed by atoms with E-state index in [1.807, 2.05) is 6.92 Å². The Kier molecular flexibility index (Phi) is 5.79. The summed E-state index contributed by atoms with van der Waals surface area (Å²) in [4.78, 5) is 0. The molecule has 1 nitrogen and oxygen atoms in total. The van der Waals surface area contributed by atoms with E-state index < -0.39 is 17.6 Å². The zero-order chi connectivity index (χ0) is 14.5. The lowest BCUT2D eigenvalue weighted by atomic mass is 10.1. The summed E-state index contributed by atoms with van der Waals surface area (Å²) < 4.78 is 50.7. The van der Waals surface area contributed by atoms with Crippen LogP contribution in [0.5, 0.6) is 0 Å². The summed E-state index contributed by atoms with van der Waals surface area (Å²) in [5.41, 5.74) is -0.759. The molecule has 0 heterocycles. The summed E-state index contributed by atoms with van der Waals surface area (Å²) in [6.45, 7) is 4.39. The second-order valence-electron chi connectivity index (χ2n) is 4.74. The monoisotopic (exact) mass is 277 g/mol. The topological polar surface area (TPSA) is 12.0 Å². The highest BCUT2D eigenvalue weighted by Gasteiger charge is 2.34. The molecule has 0 aliphatic carbocycles. The van der Waals surface area contributed by atoms with Crippen LogP contribution in [-0.2, 0) is 12.7 Å². The molecule has 1 unspecified atom stereocenters. The number of hydrogen-bond donors (Lipinski definition) is 1. The van der Waals surface area contributed by atoms with Gasteiger partial charge in [-0.1, -0.05) is 25.8 Å². The normalized spacial score (nSPS) is 13.6. The minimum atomic E-state index is -4.64. The zero-order valence-electron chi connectivity index (χ0n) is 11.1. The maximum atomic E-state index is 13.1. The number of unbranched alkanes of at least 4 members (excludes halogenated alkanes) is 1. The molecule has 5 heteroatoms. The van der Waals surface area contributed by atoms with Gasteiger partial charge in [0.1, 0.15) is 5.82 Å². The van der Waals surface area contributed by atoms with Crippen LogP contribution in [0.3, 0.4) is 0 Å². The predicted octanol–water partition coefficient (Wildman–Crippen LogP) is 4.51. The highest BCUT2D eigenvalue weighted by molar-refractivity contribution is 5.27. The molecular weight excluding hydrogens is 258 g/mol. The molecule has 0 aromatic heterocycles. The summed E-state index contributed by atoms with van der Waals surface area (Å²) >= 11 is 0. The predicted molar refractivity (Wildman–Crippen MR) is 67.2 cm³/mol. The Morgan fingerprint density at radius 2 is 1.95 bits per heavy atom. The van der Waals surface area contributed by atoms with E-state index in [9.17, 15) is 17.6 Å². The Balaban J connectivity index is 2.65. The maximum Gasteiger partial charge on any atom is 0.419 e. The Bertz CT molecular complexity index is 401. The molecule has 1 aromatic carbocycles. The van der Waals surface area contributed by atoms with Gasteiger partial charge in [-0.2, -0.15) is 13.2 Å². The van der Waals surface area contributed by atoms with E-state index in [-0.39, 0.29) is 6.04 Å². The highest BCUT2D eigenvalue weighted by atomic mass is 19.4. The molecule has 0 bridgehead atoms. The van der Waals surface area contributed by atoms with Crippen LogP contribution in [0.15, 0.2) is 18.2 Å². The smallest absolute Gasteiger partial charge is 0.310 e. The van der Waals surface area contributed by atoms with Gasteiger partial charge in [0.05, 0.1) is 5.56 Å². The second-order valence-corrected chi connectivity index (χ2v) is 4.74. The molecule has 0 saturated heterocycles. The second kappa shape index (κ2) is 6.89. The van der Waals surface area contributed by atoms with Crippen molar-refractivity contribution in [2.24, 2.45) is 0 Å². The van der Waals surface area contributed by atoms with E-state index in [1.54, 1.807) is 0 Å². The molecule has 0 saturated carbocycles. The first-order valence-corrected chi connectivity index (χ1v) is 6.43. The summed E-state index contributed by atoms with van der Waals surface area (Å²) in [5, 5.41) is 3.14. The highest BCUT2D eigenvalue weighted by Crippen LogP contribution is 2.31. The fourth-order valence-electron chi connectivity index (χ4n) is 1.80. The lowest BCUT2D eigenvalue weighted by Gasteiger charge is -2.14. The zero-order valence-corrected chi connectivity index (χ0v) is 11.1. The van der Waals surface area contributed by atoms with Gasteiger partial charge in [0.2, 0.25) is 0 Å². The molecule has 0 radical (unpaired) electrons. The van der Waals surface area contributed by atoms with Crippen molar-refractivity contribution < 1.29 is 17.6 Å². The third-order valence-corrected chi connectivity index (χ3v) is 2.98. The van der Waals surface area contributed by atoms with Gasteiger partial charge in [0, 0.05) is 12.6 Å². The molecule has 0 aliphatic rings. The lowest BCUT2D eigenvalue weighted by Crippen LogP contribution is -2.25. The van der Waals surface area contributed by atoms with Crippen molar-refractivity contribution in [3.8, 4) is 0 Å². The van der Waals surface area contributed by atoms with Crippen molar-refractivity contribution >= 4 is 0 Å². The summed E-state index contributed by atoms with van der Waals surface area (Å²) in [6.07, 6.45) is -1.51. The first kappa shape index (κ1) is 16.0. The van der Waals surface area contributed by atoms with Gasteiger partial charge in [-0.3, -0.25) is 0 Å². The van der Waals surface area contributed by atoms with Crippen LogP contribution in [-0.4, -0.2) is 6.04 Å². The van der Waals surface area contributed by atoms with Crippen molar-refractivity contribution in [1.82, 2.24) is 5.32 Å². The Morgan fingerprint density at radius 3 is 2.53 bits per heavy atom. The van der Waals surface area contributed by atoms with Crippen molar-refractivity contribution in [1.29, 1.82) is 0 Å². The van der Waals surface area contributed by atoms with Crippen molar-refractivity contribution in [2.45, 2.75) is 51.9 Å². The molecule has 108 valence electrons. The molecule has 0 aliphatic heterocycles. The Labute approximate surface area is 111 Å². The maximum absolute atomic E-state index is 13.1. The van der Waals surface area contributed by atoms with Gasteiger partial charge in [-0.05, 0) is 31.0 Å². The Morgan fingerprint density at radius 1 is 1.26 bits per heavy atom. The lowest BCUT2D eigenvalue weighted by molar-refractivity contribution is -0.140. The van der Waals surface area contributed by atoms with Crippen molar-refractivity contribution in [3.05, 3.63) is 35.1 Å². The summed E-state index contributed by atoms with van der Waals surface area (Å²) in [6, 6.07) is 3.36. The molecule has 0 fully saturated rings. The minimum Gasteiger partial charge on any atom is -0.310 e. The first-order chi connectivity index (χ1) is 8.84. The van der Waals surface area contributed by atoms with Gasteiger partial charge in [-0.25, -0.2) is 4.39 Å². The number of nitrogens with one attached hydrogen (secondary N) is 1.